The number of anilines is 1. The van der Waals surface area contributed by atoms with Gasteiger partial charge in [0.25, 0.3) is 6.43 Å². The predicted molar refractivity (Wildman–Crippen MR) is 71.8 cm³/mol. The maximum Gasteiger partial charge on any atom is 0.261 e. The van der Waals surface area contributed by atoms with Crippen LogP contribution < -0.4 is 11.1 Å². The summed E-state index contributed by atoms with van der Waals surface area (Å²) in [5, 5.41) is 2.80. The summed E-state index contributed by atoms with van der Waals surface area (Å²) in [5.74, 6) is 0.0231. The summed E-state index contributed by atoms with van der Waals surface area (Å²) < 4.78 is 28.7. The molecule has 1 aromatic carbocycles. The van der Waals surface area contributed by atoms with Crippen molar-refractivity contribution in [2.45, 2.75) is 31.7 Å². The number of nitrogens with two attached hydrogens (primary N) is 1. The van der Waals surface area contributed by atoms with Crippen molar-refractivity contribution in [3.8, 4) is 0 Å². The molecule has 0 fully saturated rings. The fourth-order valence-electron chi connectivity index (χ4n) is 2.18. The Labute approximate surface area is 116 Å². The molecule has 2 rings (SSSR count). The molecule has 1 atom stereocenters. The lowest BCUT2D eigenvalue weighted by Gasteiger charge is -2.19. The van der Waals surface area contributed by atoms with E-state index >= 15 is 0 Å². The molecule has 1 aliphatic rings. The zero-order valence-corrected chi connectivity index (χ0v) is 11.1. The minimum absolute atomic E-state index is 0.0231. The number of ether oxygens (including phenoxy) is 1. The van der Waals surface area contributed by atoms with Gasteiger partial charge in [-0.05, 0) is 30.0 Å². The van der Waals surface area contributed by atoms with Gasteiger partial charge in [0.15, 0.2) is 0 Å². The number of carbonyl (C=O) groups is 1. The van der Waals surface area contributed by atoms with Crippen LogP contribution in [0.25, 0.3) is 0 Å². The van der Waals surface area contributed by atoms with Gasteiger partial charge in [0, 0.05) is 24.8 Å². The number of amides is 1. The van der Waals surface area contributed by atoms with Gasteiger partial charge in [0.2, 0.25) is 5.91 Å². The van der Waals surface area contributed by atoms with Crippen molar-refractivity contribution in [3.05, 3.63) is 29.3 Å². The number of benzene rings is 1. The summed E-state index contributed by atoms with van der Waals surface area (Å²) in [4.78, 5) is 11.3. The summed E-state index contributed by atoms with van der Waals surface area (Å²) in [7, 11) is 0. The number of aryl methyl sites for hydroxylation is 1. The maximum absolute atomic E-state index is 11.9. The number of alkyl halides is 2. The van der Waals surface area contributed by atoms with E-state index in [0.717, 1.165) is 16.8 Å². The third-order valence-corrected chi connectivity index (χ3v) is 3.27. The molecular weight excluding hydrogens is 266 g/mol. The Bertz CT molecular complexity index is 480. The van der Waals surface area contributed by atoms with E-state index in [9.17, 15) is 13.6 Å². The molecular formula is C14H18F2N2O2. The Kier molecular flexibility index (Phi) is 5.03. The molecule has 20 heavy (non-hydrogen) atoms. The van der Waals surface area contributed by atoms with E-state index in [1.165, 1.54) is 0 Å². The summed E-state index contributed by atoms with van der Waals surface area (Å²) in [6.07, 6.45) is -0.788. The van der Waals surface area contributed by atoms with Crippen molar-refractivity contribution < 1.29 is 18.3 Å². The van der Waals surface area contributed by atoms with Gasteiger partial charge in [0.05, 0.1) is 0 Å². The van der Waals surface area contributed by atoms with E-state index in [1.54, 1.807) is 0 Å². The molecule has 1 aliphatic heterocycles. The molecule has 0 aromatic heterocycles. The number of rotatable bonds is 6. The normalized spacial score (nSPS) is 15.9. The first kappa shape index (κ1) is 14.9. The Hall–Kier alpha value is -1.53. The van der Waals surface area contributed by atoms with Crippen molar-refractivity contribution in [1.29, 1.82) is 0 Å². The average Bonchev–Trinajstić information content (AvgIpc) is 2.42. The lowest BCUT2D eigenvalue weighted by Crippen LogP contribution is -2.20. The first-order valence-corrected chi connectivity index (χ1v) is 6.60. The molecule has 0 bridgehead atoms. The van der Waals surface area contributed by atoms with Gasteiger partial charge in [-0.2, -0.15) is 0 Å². The first-order chi connectivity index (χ1) is 9.56. The molecule has 1 unspecified atom stereocenters. The summed E-state index contributed by atoms with van der Waals surface area (Å²) in [5.41, 5.74) is 8.83. The lowest BCUT2D eigenvalue weighted by molar-refractivity contribution is -0.116. The molecule has 0 saturated carbocycles. The monoisotopic (exact) mass is 284 g/mol. The number of nitrogens with one attached hydrogen (secondary N) is 1. The van der Waals surface area contributed by atoms with Crippen LogP contribution in [0.2, 0.25) is 0 Å². The van der Waals surface area contributed by atoms with Gasteiger partial charge in [-0.15, -0.1) is 0 Å². The molecule has 4 nitrogen and oxygen atoms in total. The topological polar surface area (TPSA) is 64.3 Å². The third kappa shape index (κ3) is 3.98. The number of hydrogen-bond donors (Lipinski definition) is 2. The first-order valence-electron chi connectivity index (χ1n) is 6.60. The molecule has 1 aromatic rings. The Morgan fingerprint density at radius 3 is 2.90 bits per heavy atom. The van der Waals surface area contributed by atoms with Crippen LogP contribution in [0.5, 0.6) is 0 Å². The van der Waals surface area contributed by atoms with Crippen molar-refractivity contribution in [3.63, 3.8) is 0 Å². The molecule has 6 heteroatoms. The van der Waals surface area contributed by atoms with Crippen LogP contribution in [0, 0.1) is 0 Å². The SMILES string of the molecule is NC(CCOCC(F)F)c1ccc2c(c1)CCC(=O)N2. The zero-order valence-electron chi connectivity index (χ0n) is 11.1. The van der Waals surface area contributed by atoms with Gasteiger partial charge in [-0.1, -0.05) is 12.1 Å². The standard InChI is InChI=1S/C14H18F2N2O2/c15-13(16)8-20-6-5-11(17)9-1-3-12-10(7-9)2-4-14(19)18-12/h1,3,7,11,13H,2,4-6,8,17H2,(H,18,19). The van der Waals surface area contributed by atoms with E-state index in [-0.39, 0.29) is 18.6 Å². The highest BCUT2D eigenvalue weighted by atomic mass is 19.3. The second kappa shape index (κ2) is 6.76. The van der Waals surface area contributed by atoms with Gasteiger partial charge in [0.1, 0.15) is 6.61 Å². The number of halogens is 2. The molecule has 0 saturated heterocycles. The van der Waals surface area contributed by atoms with E-state index in [2.05, 4.69) is 5.32 Å². The Balaban J connectivity index is 1.90. The molecule has 1 amide bonds. The van der Waals surface area contributed by atoms with Crippen LogP contribution >= 0.6 is 0 Å². The van der Waals surface area contributed by atoms with Crippen LogP contribution in [0.3, 0.4) is 0 Å². The van der Waals surface area contributed by atoms with Gasteiger partial charge < -0.3 is 15.8 Å². The molecule has 110 valence electrons. The highest BCUT2D eigenvalue weighted by molar-refractivity contribution is 5.93. The zero-order chi connectivity index (χ0) is 14.5. The Morgan fingerprint density at radius 2 is 2.15 bits per heavy atom. The second-order valence-electron chi connectivity index (χ2n) is 4.83. The highest BCUT2D eigenvalue weighted by Crippen LogP contribution is 2.26. The average molecular weight is 284 g/mol. The molecule has 3 N–H and O–H groups in total. The second-order valence-corrected chi connectivity index (χ2v) is 4.83. The van der Waals surface area contributed by atoms with Crippen molar-refractivity contribution >= 4 is 11.6 Å². The van der Waals surface area contributed by atoms with E-state index in [4.69, 9.17) is 10.5 Å². The lowest BCUT2D eigenvalue weighted by atomic mass is 9.96. The smallest absolute Gasteiger partial charge is 0.261 e. The van der Waals surface area contributed by atoms with E-state index in [1.807, 2.05) is 18.2 Å². The molecule has 1 heterocycles. The number of fused-ring (bicyclic) bond motifs is 1. The summed E-state index contributed by atoms with van der Waals surface area (Å²) >= 11 is 0. The van der Waals surface area contributed by atoms with Crippen molar-refractivity contribution in [2.24, 2.45) is 5.73 Å². The molecule has 0 aliphatic carbocycles. The minimum atomic E-state index is -2.45. The Morgan fingerprint density at radius 1 is 1.35 bits per heavy atom. The van der Waals surface area contributed by atoms with Crippen LogP contribution in [0.1, 0.15) is 30.0 Å². The third-order valence-electron chi connectivity index (χ3n) is 3.27. The van der Waals surface area contributed by atoms with Crippen LogP contribution in [-0.4, -0.2) is 25.5 Å². The quantitative estimate of drug-likeness (QED) is 0.787. The van der Waals surface area contributed by atoms with E-state index < -0.39 is 13.0 Å². The summed E-state index contributed by atoms with van der Waals surface area (Å²) in [6.45, 7) is -0.345. The van der Waals surface area contributed by atoms with Gasteiger partial charge in [-0.3, -0.25) is 4.79 Å². The fraction of sp³-hybridized carbons (Fsp3) is 0.500. The molecule has 0 radical (unpaired) electrons. The predicted octanol–water partition coefficient (Wildman–Crippen LogP) is 2.24. The van der Waals surface area contributed by atoms with Gasteiger partial charge >= 0.3 is 0 Å². The molecule has 0 spiro atoms. The van der Waals surface area contributed by atoms with Gasteiger partial charge in [-0.25, -0.2) is 8.78 Å². The van der Waals surface area contributed by atoms with Crippen molar-refractivity contribution in [1.82, 2.24) is 0 Å². The summed E-state index contributed by atoms with van der Waals surface area (Å²) in [6, 6.07) is 5.40. The highest BCUT2D eigenvalue weighted by Gasteiger charge is 2.16. The fourth-order valence-corrected chi connectivity index (χ4v) is 2.18. The largest absolute Gasteiger partial charge is 0.375 e. The van der Waals surface area contributed by atoms with Crippen LogP contribution in [0.4, 0.5) is 14.5 Å². The number of hydrogen-bond acceptors (Lipinski definition) is 3. The maximum atomic E-state index is 11.9. The number of carbonyl (C=O) groups excluding carboxylic acids is 1. The van der Waals surface area contributed by atoms with E-state index in [0.29, 0.717) is 19.3 Å². The van der Waals surface area contributed by atoms with Crippen molar-refractivity contribution in [2.75, 3.05) is 18.5 Å². The van der Waals surface area contributed by atoms with Crippen LogP contribution in [-0.2, 0) is 16.0 Å². The minimum Gasteiger partial charge on any atom is -0.375 e. The van der Waals surface area contributed by atoms with Crippen LogP contribution in [0.15, 0.2) is 18.2 Å².